The molecule has 3 nitrogen and oxygen atoms in total. The molecule has 1 aliphatic heterocycles. The molecule has 0 bridgehead atoms. The van der Waals surface area contributed by atoms with Crippen molar-refractivity contribution in [3.8, 4) is 0 Å². The highest BCUT2D eigenvalue weighted by Gasteiger charge is 2.27. The van der Waals surface area contributed by atoms with Gasteiger partial charge in [0.1, 0.15) is 0 Å². The fourth-order valence-electron chi connectivity index (χ4n) is 2.14. The number of amides is 1. The Bertz CT molecular complexity index is 451. The van der Waals surface area contributed by atoms with Gasteiger partial charge in [0.05, 0.1) is 5.69 Å². The van der Waals surface area contributed by atoms with E-state index in [1.807, 2.05) is 26.0 Å². The lowest BCUT2D eigenvalue weighted by Crippen LogP contribution is -2.37. The molecule has 0 N–H and O–H groups in total. The van der Waals surface area contributed by atoms with Gasteiger partial charge >= 0.3 is 0 Å². The monoisotopic (exact) mass is 217 g/mol. The molecule has 0 saturated heterocycles. The quantitative estimate of drug-likeness (QED) is 0.724. The van der Waals surface area contributed by atoms with Crippen LogP contribution in [-0.4, -0.2) is 18.2 Å². The summed E-state index contributed by atoms with van der Waals surface area (Å²) in [4.78, 5) is 25.3. The first-order valence-electron chi connectivity index (χ1n) is 5.58. The predicted octanol–water partition coefficient (Wildman–Crippen LogP) is 2.32. The molecule has 1 aromatic carbocycles. The molecule has 0 saturated carbocycles. The Hall–Kier alpha value is -1.64. The first kappa shape index (κ1) is 10.9. The van der Waals surface area contributed by atoms with E-state index in [4.69, 9.17) is 0 Å². The van der Waals surface area contributed by atoms with Crippen LogP contribution in [0.25, 0.3) is 0 Å². The summed E-state index contributed by atoms with van der Waals surface area (Å²) >= 11 is 0. The Morgan fingerprint density at radius 3 is 2.88 bits per heavy atom. The minimum absolute atomic E-state index is 0.0862. The molecule has 1 aromatic rings. The van der Waals surface area contributed by atoms with Crippen LogP contribution in [0, 0.1) is 6.92 Å². The zero-order valence-corrected chi connectivity index (χ0v) is 9.62. The summed E-state index contributed by atoms with van der Waals surface area (Å²) in [5.74, 6) is 0.224. The molecule has 84 valence electrons. The number of hydrogen-bond donors (Lipinski definition) is 0. The van der Waals surface area contributed by atoms with E-state index >= 15 is 0 Å². The number of aryl methyl sites for hydroxylation is 1. The summed E-state index contributed by atoms with van der Waals surface area (Å²) in [6, 6.07) is 5.61. The van der Waals surface area contributed by atoms with Gasteiger partial charge in [-0.15, -0.1) is 0 Å². The second-order valence-corrected chi connectivity index (χ2v) is 4.04. The van der Waals surface area contributed by atoms with Crippen LogP contribution in [0.3, 0.4) is 0 Å². The minimum Gasteiger partial charge on any atom is -0.311 e. The first-order valence-corrected chi connectivity index (χ1v) is 5.58. The van der Waals surface area contributed by atoms with Crippen molar-refractivity contribution >= 4 is 17.4 Å². The minimum atomic E-state index is 0.0862. The molecule has 0 atom stereocenters. The molecular formula is C13H15NO2. The molecule has 0 radical (unpaired) electrons. The zero-order valence-electron chi connectivity index (χ0n) is 9.62. The van der Waals surface area contributed by atoms with Crippen LogP contribution in [0.4, 0.5) is 5.69 Å². The van der Waals surface area contributed by atoms with Crippen LogP contribution in [-0.2, 0) is 4.79 Å². The van der Waals surface area contributed by atoms with Crippen LogP contribution in [0.1, 0.15) is 35.7 Å². The highest BCUT2D eigenvalue weighted by atomic mass is 16.2. The Balaban J connectivity index is 2.54. The van der Waals surface area contributed by atoms with Gasteiger partial charge in [-0.1, -0.05) is 19.1 Å². The van der Waals surface area contributed by atoms with Gasteiger partial charge < -0.3 is 4.90 Å². The maximum Gasteiger partial charge on any atom is 0.226 e. The first-order chi connectivity index (χ1) is 7.65. The van der Waals surface area contributed by atoms with Crippen molar-refractivity contribution in [2.24, 2.45) is 0 Å². The maximum atomic E-state index is 11.8. The van der Waals surface area contributed by atoms with Crippen molar-refractivity contribution in [2.75, 3.05) is 11.4 Å². The number of rotatable bonds is 1. The van der Waals surface area contributed by atoms with Gasteiger partial charge in [-0.25, -0.2) is 0 Å². The number of anilines is 1. The molecular weight excluding hydrogens is 202 g/mol. The van der Waals surface area contributed by atoms with Gasteiger partial charge in [0.2, 0.25) is 5.91 Å². The third-order valence-electron chi connectivity index (χ3n) is 2.97. The van der Waals surface area contributed by atoms with Gasteiger partial charge in [-0.2, -0.15) is 0 Å². The summed E-state index contributed by atoms with van der Waals surface area (Å²) in [5, 5.41) is 0. The molecule has 0 unspecified atom stereocenters. The number of ketones is 1. The Kier molecular flexibility index (Phi) is 2.77. The average molecular weight is 217 g/mol. The SMILES string of the molecule is CCC(=O)N1CCC(=O)c2cccc(C)c21. The maximum absolute atomic E-state index is 11.8. The standard InChI is InChI=1S/C13H15NO2/c1-3-12(16)14-8-7-11(15)10-6-4-5-9(2)13(10)14/h4-6H,3,7-8H2,1-2H3. The highest BCUT2D eigenvalue weighted by molar-refractivity contribution is 6.09. The van der Waals surface area contributed by atoms with E-state index in [0.29, 0.717) is 24.9 Å². The number of carbonyl (C=O) groups excluding carboxylic acids is 2. The molecule has 1 heterocycles. The van der Waals surface area contributed by atoms with E-state index in [9.17, 15) is 9.59 Å². The second-order valence-electron chi connectivity index (χ2n) is 4.04. The second kappa shape index (κ2) is 4.08. The topological polar surface area (TPSA) is 37.4 Å². The van der Waals surface area contributed by atoms with Crippen LogP contribution < -0.4 is 4.90 Å². The van der Waals surface area contributed by atoms with Gasteiger partial charge in [0.25, 0.3) is 0 Å². The molecule has 0 fully saturated rings. The van der Waals surface area contributed by atoms with E-state index in [2.05, 4.69) is 0 Å². The number of nitrogens with zero attached hydrogens (tertiary/aromatic N) is 1. The summed E-state index contributed by atoms with van der Waals surface area (Å²) < 4.78 is 0. The smallest absolute Gasteiger partial charge is 0.226 e. The van der Waals surface area contributed by atoms with Gasteiger partial charge in [0, 0.05) is 24.9 Å². The van der Waals surface area contributed by atoms with Crippen molar-refractivity contribution in [1.82, 2.24) is 0 Å². The number of benzene rings is 1. The fourth-order valence-corrected chi connectivity index (χ4v) is 2.14. The predicted molar refractivity (Wildman–Crippen MR) is 62.8 cm³/mol. The number of para-hydroxylation sites is 1. The molecule has 1 amide bonds. The Morgan fingerprint density at radius 2 is 2.19 bits per heavy atom. The van der Waals surface area contributed by atoms with E-state index < -0.39 is 0 Å². The van der Waals surface area contributed by atoms with Crippen molar-refractivity contribution in [3.05, 3.63) is 29.3 Å². The molecule has 2 rings (SSSR count). The highest BCUT2D eigenvalue weighted by Crippen LogP contribution is 2.30. The van der Waals surface area contributed by atoms with Gasteiger partial charge in [0.15, 0.2) is 5.78 Å². The van der Waals surface area contributed by atoms with Crippen LogP contribution in [0.15, 0.2) is 18.2 Å². The van der Waals surface area contributed by atoms with Crippen LogP contribution in [0.5, 0.6) is 0 Å². The van der Waals surface area contributed by atoms with E-state index in [0.717, 1.165) is 11.3 Å². The molecule has 3 heteroatoms. The number of fused-ring (bicyclic) bond motifs is 1. The van der Waals surface area contributed by atoms with Crippen LogP contribution >= 0.6 is 0 Å². The van der Waals surface area contributed by atoms with Crippen molar-refractivity contribution in [3.63, 3.8) is 0 Å². The summed E-state index contributed by atoms with van der Waals surface area (Å²) in [7, 11) is 0. The van der Waals surface area contributed by atoms with E-state index in [1.165, 1.54) is 0 Å². The number of hydrogen-bond acceptors (Lipinski definition) is 2. The normalized spacial score (nSPS) is 14.9. The zero-order chi connectivity index (χ0) is 11.7. The fraction of sp³-hybridized carbons (Fsp3) is 0.385. The third kappa shape index (κ3) is 1.62. The van der Waals surface area contributed by atoms with Gasteiger partial charge in [-0.3, -0.25) is 9.59 Å². The summed E-state index contributed by atoms with van der Waals surface area (Å²) in [5.41, 5.74) is 2.49. The molecule has 16 heavy (non-hydrogen) atoms. The Morgan fingerprint density at radius 1 is 1.44 bits per heavy atom. The third-order valence-corrected chi connectivity index (χ3v) is 2.97. The van der Waals surface area contributed by atoms with E-state index in [-0.39, 0.29) is 11.7 Å². The van der Waals surface area contributed by atoms with Crippen molar-refractivity contribution in [1.29, 1.82) is 0 Å². The molecule has 1 aliphatic rings. The lowest BCUT2D eigenvalue weighted by atomic mass is 9.97. The Labute approximate surface area is 95.1 Å². The van der Waals surface area contributed by atoms with Crippen LogP contribution in [0.2, 0.25) is 0 Å². The van der Waals surface area contributed by atoms with E-state index in [1.54, 1.807) is 11.0 Å². The summed E-state index contributed by atoms with van der Waals surface area (Å²) in [6.45, 7) is 4.30. The lowest BCUT2D eigenvalue weighted by Gasteiger charge is -2.30. The van der Waals surface area contributed by atoms with Crippen molar-refractivity contribution < 1.29 is 9.59 Å². The largest absolute Gasteiger partial charge is 0.311 e. The summed E-state index contributed by atoms with van der Waals surface area (Å²) in [6.07, 6.45) is 0.907. The molecule has 0 aromatic heterocycles. The number of Topliss-reactive ketones (excluding diaryl/α,β-unsaturated/α-hetero) is 1. The molecule has 0 spiro atoms. The van der Waals surface area contributed by atoms with Crippen molar-refractivity contribution in [2.45, 2.75) is 26.7 Å². The van der Waals surface area contributed by atoms with Gasteiger partial charge in [-0.05, 0) is 18.6 Å². The average Bonchev–Trinajstić information content (AvgIpc) is 2.30. The number of carbonyl (C=O) groups is 2. The molecule has 0 aliphatic carbocycles. The lowest BCUT2D eigenvalue weighted by molar-refractivity contribution is -0.118.